The van der Waals surface area contributed by atoms with E-state index in [0.717, 1.165) is 12.1 Å². The number of carboxylic acids is 1. The third kappa shape index (κ3) is 5.90. The molecule has 1 atom stereocenters. The second-order valence-electron chi connectivity index (χ2n) is 6.53. The topological polar surface area (TPSA) is 91.3 Å². The van der Waals surface area contributed by atoms with Crippen molar-refractivity contribution >= 4 is 46.5 Å². The number of carbonyl (C=O) groups is 2. The van der Waals surface area contributed by atoms with Crippen molar-refractivity contribution < 1.29 is 23.5 Å². The highest BCUT2D eigenvalue weighted by atomic mass is 35.5. The summed E-state index contributed by atoms with van der Waals surface area (Å²) in [5.74, 6) is -3.35. The molecule has 0 aliphatic heterocycles. The summed E-state index contributed by atoms with van der Waals surface area (Å²) in [6.07, 6.45) is 2.63. The molecule has 3 N–H and O–H groups in total. The number of pyridine rings is 1. The van der Waals surface area contributed by atoms with Gasteiger partial charge in [-0.3, -0.25) is 9.78 Å². The van der Waals surface area contributed by atoms with E-state index in [1.54, 1.807) is 24.3 Å². The molecule has 3 rings (SSSR count). The van der Waals surface area contributed by atoms with Crippen molar-refractivity contribution in [3.63, 3.8) is 0 Å². The molecule has 1 aromatic heterocycles. The summed E-state index contributed by atoms with van der Waals surface area (Å²) in [7, 11) is 0. The number of hydrogen-bond acceptors (Lipinski definition) is 4. The lowest BCUT2D eigenvalue weighted by atomic mass is 10.0. The second kappa shape index (κ2) is 9.72. The molecule has 0 aliphatic rings. The van der Waals surface area contributed by atoms with Gasteiger partial charge < -0.3 is 15.7 Å². The minimum absolute atomic E-state index is 0.0138. The highest BCUT2D eigenvalue weighted by Crippen LogP contribution is 2.24. The zero-order chi connectivity index (χ0) is 22.5. The third-order valence-electron chi connectivity index (χ3n) is 4.23. The van der Waals surface area contributed by atoms with Crippen molar-refractivity contribution in [3.05, 3.63) is 87.7 Å². The predicted octanol–water partition coefficient (Wildman–Crippen LogP) is 5.03. The molecular weight excluding hydrogens is 451 g/mol. The van der Waals surface area contributed by atoms with Gasteiger partial charge in [-0.05, 0) is 29.8 Å². The van der Waals surface area contributed by atoms with Crippen molar-refractivity contribution in [1.29, 1.82) is 0 Å². The van der Waals surface area contributed by atoms with Gasteiger partial charge in [-0.2, -0.15) is 0 Å². The molecule has 3 aromatic rings. The number of aromatic nitrogens is 1. The van der Waals surface area contributed by atoms with Crippen LogP contribution in [0.3, 0.4) is 0 Å². The Hall–Kier alpha value is -3.23. The monoisotopic (exact) mass is 465 g/mol. The molecule has 0 saturated heterocycles. The molecule has 0 saturated carbocycles. The van der Waals surface area contributed by atoms with Crippen LogP contribution in [0.4, 0.5) is 20.2 Å². The smallest absolute Gasteiger partial charge is 0.326 e. The lowest BCUT2D eigenvalue weighted by molar-refractivity contribution is -0.137. The van der Waals surface area contributed by atoms with E-state index in [-0.39, 0.29) is 27.7 Å². The van der Waals surface area contributed by atoms with Crippen molar-refractivity contribution in [2.45, 2.75) is 12.5 Å². The van der Waals surface area contributed by atoms with Crippen LogP contribution in [0.2, 0.25) is 10.0 Å². The van der Waals surface area contributed by atoms with E-state index in [0.29, 0.717) is 17.3 Å². The van der Waals surface area contributed by atoms with Gasteiger partial charge in [-0.15, -0.1) is 0 Å². The standard InChI is InChI=1S/C21H15Cl2F2N3O3/c22-16-9-26-10-17(23)19(16)20(29)28-14-3-1-11(2-4-14)5-18(21(30)31)27-15-7-12(24)6-13(25)8-15/h1-4,6-10,18,27H,5H2,(H,28,29)(H,30,31). The SMILES string of the molecule is O=C(Nc1ccc(CC(Nc2cc(F)cc(F)c2)C(=O)O)cc1)c1c(Cl)cncc1Cl. The van der Waals surface area contributed by atoms with E-state index >= 15 is 0 Å². The average Bonchev–Trinajstić information content (AvgIpc) is 2.68. The number of rotatable bonds is 7. The van der Waals surface area contributed by atoms with Crippen LogP contribution < -0.4 is 10.6 Å². The van der Waals surface area contributed by atoms with Crippen LogP contribution in [0.5, 0.6) is 0 Å². The van der Waals surface area contributed by atoms with Crippen LogP contribution in [-0.4, -0.2) is 28.0 Å². The number of amides is 1. The molecule has 10 heteroatoms. The molecule has 0 aliphatic carbocycles. The number of carbonyl (C=O) groups excluding carboxylic acids is 1. The number of aliphatic carboxylic acids is 1. The number of benzene rings is 2. The molecule has 0 spiro atoms. The number of hydrogen-bond donors (Lipinski definition) is 3. The van der Waals surface area contributed by atoms with E-state index in [9.17, 15) is 23.5 Å². The number of halogens is 4. The molecule has 1 unspecified atom stereocenters. The Balaban J connectivity index is 1.69. The summed E-state index contributed by atoms with van der Waals surface area (Å²) in [6, 6.07) is 7.98. The molecule has 1 heterocycles. The fourth-order valence-electron chi connectivity index (χ4n) is 2.82. The minimum Gasteiger partial charge on any atom is -0.480 e. The number of carboxylic acid groups (broad SMARTS) is 1. The van der Waals surface area contributed by atoms with Crippen LogP contribution >= 0.6 is 23.2 Å². The van der Waals surface area contributed by atoms with E-state index in [2.05, 4.69) is 15.6 Å². The molecule has 0 fully saturated rings. The Bertz CT molecular complexity index is 1090. The van der Waals surface area contributed by atoms with Gasteiger partial charge >= 0.3 is 5.97 Å². The van der Waals surface area contributed by atoms with Crippen LogP contribution in [0.1, 0.15) is 15.9 Å². The molecule has 1 amide bonds. The van der Waals surface area contributed by atoms with Gasteiger partial charge in [0.15, 0.2) is 0 Å². The zero-order valence-electron chi connectivity index (χ0n) is 15.7. The fraction of sp³-hybridized carbons (Fsp3) is 0.0952. The van der Waals surface area contributed by atoms with Crippen LogP contribution in [0.25, 0.3) is 0 Å². The maximum atomic E-state index is 13.3. The summed E-state index contributed by atoms with van der Waals surface area (Å²) in [5, 5.41) is 14.9. The number of nitrogens with zero attached hydrogens (tertiary/aromatic N) is 1. The first-order chi connectivity index (χ1) is 14.7. The first-order valence-corrected chi connectivity index (χ1v) is 9.63. The molecule has 2 aromatic carbocycles. The molecule has 0 radical (unpaired) electrons. The Morgan fingerprint density at radius 3 is 2.10 bits per heavy atom. The number of nitrogens with one attached hydrogen (secondary N) is 2. The zero-order valence-corrected chi connectivity index (χ0v) is 17.2. The van der Waals surface area contributed by atoms with Gasteiger partial charge in [0.25, 0.3) is 5.91 Å². The maximum absolute atomic E-state index is 13.3. The van der Waals surface area contributed by atoms with Crippen molar-refractivity contribution in [1.82, 2.24) is 4.98 Å². The molecule has 160 valence electrons. The van der Waals surface area contributed by atoms with E-state index in [1.807, 2.05) is 0 Å². The third-order valence-corrected chi connectivity index (χ3v) is 4.81. The second-order valence-corrected chi connectivity index (χ2v) is 7.34. The van der Waals surface area contributed by atoms with Crippen LogP contribution in [0, 0.1) is 11.6 Å². The summed E-state index contributed by atoms with van der Waals surface area (Å²) < 4.78 is 26.7. The van der Waals surface area contributed by atoms with Crippen LogP contribution in [-0.2, 0) is 11.2 Å². The molecular formula is C21H15Cl2F2N3O3. The summed E-state index contributed by atoms with van der Waals surface area (Å²) >= 11 is 11.9. The Kier molecular flexibility index (Phi) is 7.04. The normalized spacial score (nSPS) is 11.6. The lowest BCUT2D eigenvalue weighted by Gasteiger charge is -2.16. The summed E-state index contributed by atoms with van der Waals surface area (Å²) in [5.41, 5.74) is 1.15. The first-order valence-electron chi connectivity index (χ1n) is 8.87. The van der Waals surface area contributed by atoms with Gasteiger partial charge in [0.2, 0.25) is 0 Å². The van der Waals surface area contributed by atoms with Gasteiger partial charge in [0.05, 0.1) is 15.6 Å². The van der Waals surface area contributed by atoms with E-state index in [1.165, 1.54) is 12.4 Å². The summed E-state index contributed by atoms with van der Waals surface area (Å²) in [4.78, 5) is 27.8. The lowest BCUT2D eigenvalue weighted by Crippen LogP contribution is -2.31. The highest BCUT2D eigenvalue weighted by molar-refractivity contribution is 6.40. The fourth-order valence-corrected chi connectivity index (χ4v) is 3.36. The first kappa shape index (κ1) is 22.5. The van der Waals surface area contributed by atoms with Gasteiger partial charge in [0, 0.05) is 36.3 Å². The van der Waals surface area contributed by atoms with E-state index < -0.39 is 29.6 Å². The Morgan fingerprint density at radius 1 is 0.968 bits per heavy atom. The average molecular weight is 466 g/mol. The van der Waals surface area contributed by atoms with Crippen molar-refractivity contribution in [2.24, 2.45) is 0 Å². The maximum Gasteiger partial charge on any atom is 0.326 e. The Morgan fingerprint density at radius 2 is 1.55 bits per heavy atom. The predicted molar refractivity (Wildman–Crippen MR) is 114 cm³/mol. The largest absolute Gasteiger partial charge is 0.480 e. The van der Waals surface area contributed by atoms with E-state index in [4.69, 9.17) is 23.2 Å². The Labute approximate surface area is 185 Å². The summed E-state index contributed by atoms with van der Waals surface area (Å²) in [6.45, 7) is 0. The van der Waals surface area contributed by atoms with Crippen molar-refractivity contribution in [2.75, 3.05) is 10.6 Å². The number of anilines is 2. The quantitative estimate of drug-likeness (QED) is 0.455. The molecule has 0 bridgehead atoms. The van der Waals surface area contributed by atoms with Gasteiger partial charge in [0.1, 0.15) is 17.7 Å². The van der Waals surface area contributed by atoms with Gasteiger partial charge in [-0.25, -0.2) is 13.6 Å². The molecule has 31 heavy (non-hydrogen) atoms. The van der Waals surface area contributed by atoms with Crippen LogP contribution in [0.15, 0.2) is 54.9 Å². The highest BCUT2D eigenvalue weighted by Gasteiger charge is 2.19. The van der Waals surface area contributed by atoms with Crippen molar-refractivity contribution in [3.8, 4) is 0 Å². The minimum atomic E-state index is -1.19. The molecule has 6 nitrogen and oxygen atoms in total. The van der Waals surface area contributed by atoms with Gasteiger partial charge in [-0.1, -0.05) is 35.3 Å².